The van der Waals surface area contributed by atoms with Crippen LogP contribution in [0.5, 0.6) is 0 Å². The standard InChI is InChI=1S/C55H39N5S2/c1-3-59-45-13-7-5-10-40(45)42-32-38(23-25-47(42)59)51-29-27-49(61-51)34-15-19-36(20-16-34)53-54(58-55-44(57-53)12-9-31-56-55)37-21-17-35(18-22-37)50-28-30-52(62-50)39-24-26-48-43(33-39)41-11-6-8-14-46(41)60(48)4-2/h5-33H,3-4H2,1-2H3. The second-order valence-corrected chi connectivity index (χ2v) is 17.9. The first kappa shape index (κ1) is 36.6. The lowest BCUT2D eigenvalue weighted by molar-refractivity contribution is 0.827. The van der Waals surface area contributed by atoms with Crippen LogP contribution < -0.4 is 0 Å². The Morgan fingerprint density at radius 2 is 0.806 bits per heavy atom. The molecule has 0 aliphatic heterocycles. The molecule has 0 aliphatic carbocycles. The number of fused-ring (bicyclic) bond motifs is 7. The van der Waals surface area contributed by atoms with Crippen LogP contribution in [0, 0.1) is 0 Å². The van der Waals surface area contributed by atoms with E-state index < -0.39 is 0 Å². The lowest BCUT2D eigenvalue weighted by atomic mass is 10.0. The average Bonchev–Trinajstić information content (AvgIpc) is 4.15. The van der Waals surface area contributed by atoms with Crippen molar-refractivity contribution in [2.24, 2.45) is 0 Å². The third-order valence-electron chi connectivity index (χ3n) is 12.3. The molecule has 0 amide bonds. The zero-order valence-electron chi connectivity index (χ0n) is 34.2. The van der Waals surface area contributed by atoms with Gasteiger partial charge in [-0.1, -0.05) is 97.1 Å². The number of nitrogens with zero attached hydrogens (tertiary/aromatic N) is 5. The van der Waals surface area contributed by atoms with Crippen molar-refractivity contribution < 1.29 is 0 Å². The van der Waals surface area contributed by atoms with E-state index >= 15 is 0 Å². The van der Waals surface area contributed by atoms with Crippen molar-refractivity contribution in [2.45, 2.75) is 26.9 Å². The smallest absolute Gasteiger partial charge is 0.178 e. The molecule has 0 atom stereocenters. The third-order valence-corrected chi connectivity index (χ3v) is 14.7. The fourth-order valence-electron chi connectivity index (χ4n) is 9.27. The van der Waals surface area contributed by atoms with Gasteiger partial charge in [-0.05, 0) is 109 Å². The van der Waals surface area contributed by atoms with Gasteiger partial charge in [0.15, 0.2) is 5.65 Å². The largest absolute Gasteiger partial charge is 0.341 e. The topological polar surface area (TPSA) is 48.5 Å². The molecule has 0 N–H and O–H groups in total. The first-order valence-corrected chi connectivity index (χ1v) is 22.8. The molecule has 7 heteroatoms. The van der Waals surface area contributed by atoms with E-state index in [0.29, 0.717) is 5.65 Å². The number of aryl methyl sites for hydroxylation is 2. The molecule has 62 heavy (non-hydrogen) atoms. The summed E-state index contributed by atoms with van der Waals surface area (Å²) in [5.74, 6) is 0. The summed E-state index contributed by atoms with van der Waals surface area (Å²) in [5, 5.41) is 5.22. The van der Waals surface area contributed by atoms with Crippen LogP contribution in [0.15, 0.2) is 176 Å². The molecule has 0 spiro atoms. The number of aromatic nitrogens is 5. The predicted molar refractivity (Wildman–Crippen MR) is 263 cm³/mol. The number of rotatable bonds is 8. The molecule has 6 heterocycles. The number of pyridine rings is 1. The van der Waals surface area contributed by atoms with E-state index in [-0.39, 0.29) is 0 Å². The van der Waals surface area contributed by atoms with Gasteiger partial charge < -0.3 is 9.13 Å². The highest BCUT2D eigenvalue weighted by Gasteiger charge is 2.17. The van der Waals surface area contributed by atoms with E-state index in [9.17, 15) is 0 Å². The Balaban J connectivity index is 0.843. The summed E-state index contributed by atoms with van der Waals surface area (Å²) in [6.45, 7) is 6.32. The molecule has 6 aromatic heterocycles. The molecule has 0 saturated carbocycles. The zero-order valence-corrected chi connectivity index (χ0v) is 35.8. The van der Waals surface area contributed by atoms with Crippen LogP contribution in [-0.2, 0) is 13.1 Å². The molecule has 0 aliphatic rings. The molecule has 0 fully saturated rings. The summed E-state index contributed by atoms with van der Waals surface area (Å²) in [6.07, 6.45) is 1.78. The van der Waals surface area contributed by atoms with Crippen LogP contribution in [0.25, 0.3) is 119 Å². The van der Waals surface area contributed by atoms with E-state index in [1.54, 1.807) is 6.20 Å². The number of hydrogen-bond donors (Lipinski definition) is 0. The summed E-state index contributed by atoms with van der Waals surface area (Å²) in [4.78, 5) is 19.8. The van der Waals surface area contributed by atoms with E-state index in [0.717, 1.165) is 41.1 Å². The van der Waals surface area contributed by atoms with Crippen molar-refractivity contribution in [3.05, 3.63) is 176 Å². The van der Waals surface area contributed by atoms with Crippen molar-refractivity contribution in [3.8, 4) is 64.3 Å². The quantitative estimate of drug-likeness (QED) is 0.153. The van der Waals surface area contributed by atoms with Gasteiger partial charge in [-0.25, -0.2) is 15.0 Å². The Kier molecular flexibility index (Phi) is 8.73. The third kappa shape index (κ3) is 5.99. The lowest BCUT2D eigenvalue weighted by Crippen LogP contribution is -1.96. The summed E-state index contributed by atoms with van der Waals surface area (Å²) in [7, 11) is 0. The summed E-state index contributed by atoms with van der Waals surface area (Å²) in [6, 6.07) is 61.6. The summed E-state index contributed by atoms with van der Waals surface area (Å²) >= 11 is 3.65. The van der Waals surface area contributed by atoms with Gasteiger partial charge in [0.1, 0.15) is 5.52 Å². The van der Waals surface area contributed by atoms with Crippen LogP contribution in [0.1, 0.15) is 13.8 Å². The van der Waals surface area contributed by atoms with Crippen molar-refractivity contribution in [1.82, 2.24) is 24.1 Å². The van der Waals surface area contributed by atoms with Crippen molar-refractivity contribution in [3.63, 3.8) is 0 Å². The van der Waals surface area contributed by atoms with Crippen LogP contribution in [0.3, 0.4) is 0 Å². The second kappa shape index (κ2) is 14.8. The van der Waals surface area contributed by atoms with Crippen molar-refractivity contribution in [1.29, 1.82) is 0 Å². The van der Waals surface area contributed by atoms with Gasteiger partial charge in [-0.3, -0.25) is 0 Å². The number of benzene rings is 6. The second-order valence-electron chi connectivity index (χ2n) is 15.7. The maximum Gasteiger partial charge on any atom is 0.178 e. The van der Waals surface area contributed by atoms with Crippen molar-refractivity contribution >= 4 is 77.4 Å². The van der Waals surface area contributed by atoms with Crippen LogP contribution in [0.2, 0.25) is 0 Å². The maximum atomic E-state index is 5.16. The van der Waals surface area contributed by atoms with E-state index in [1.807, 2.05) is 34.8 Å². The predicted octanol–water partition coefficient (Wildman–Crippen LogP) is 15.4. The minimum Gasteiger partial charge on any atom is -0.341 e. The number of hydrogen-bond acceptors (Lipinski definition) is 5. The molecule has 0 unspecified atom stereocenters. The van der Waals surface area contributed by atoms with E-state index in [2.05, 4.69) is 186 Å². The van der Waals surface area contributed by atoms with Gasteiger partial charge in [0, 0.05) is 93.5 Å². The molecular weight excluding hydrogens is 795 g/mol. The Morgan fingerprint density at radius 1 is 0.387 bits per heavy atom. The van der Waals surface area contributed by atoms with Gasteiger partial charge in [0.25, 0.3) is 0 Å². The average molecular weight is 834 g/mol. The SMILES string of the molecule is CCn1c2ccccc2c2cc(-c3ccc(-c4ccc(-c5nc6cccnc6nc5-c5ccc(-c6ccc(-c7ccc8c(c7)c7ccccc7n8CC)s6)cc5)cc4)s3)ccc21. The number of para-hydroxylation sites is 2. The Bertz CT molecular complexity index is 3420. The van der Waals surface area contributed by atoms with Crippen LogP contribution >= 0.6 is 22.7 Å². The van der Waals surface area contributed by atoms with Crippen LogP contribution in [0.4, 0.5) is 0 Å². The Hall–Kier alpha value is -7.19. The highest BCUT2D eigenvalue weighted by Crippen LogP contribution is 2.41. The van der Waals surface area contributed by atoms with Gasteiger partial charge in [0.05, 0.1) is 11.4 Å². The molecule has 296 valence electrons. The van der Waals surface area contributed by atoms with Crippen molar-refractivity contribution in [2.75, 3.05) is 0 Å². The first-order valence-electron chi connectivity index (χ1n) is 21.2. The van der Waals surface area contributed by atoms with Gasteiger partial charge in [0.2, 0.25) is 0 Å². The van der Waals surface area contributed by atoms with E-state index in [4.69, 9.17) is 9.97 Å². The van der Waals surface area contributed by atoms with Gasteiger partial charge in [-0.2, -0.15) is 0 Å². The van der Waals surface area contributed by atoms with E-state index in [1.165, 1.54) is 85.4 Å². The Labute approximate surface area is 366 Å². The number of thiophene rings is 2. The molecule has 0 radical (unpaired) electrons. The summed E-state index contributed by atoms with van der Waals surface area (Å²) < 4.78 is 4.81. The Morgan fingerprint density at radius 3 is 1.31 bits per heavy atom. The normalized spacial score (nSPS) is 11.8. The first-order chi connectivity index (χ1) is 30.6. The highest BCUT2D eigenvalue weighted by atomic mass is 32.1. The molecule has 12 aromatic rings. The fraction of sp³-hybridized carbons (Fsp3) is 0.0727. The molecule has 5 nitrogen and oxygen atoms in total. The lowest BCUT2D eigenvalue weighted by Gasteiger charge is -2.11. The summed E-state index contributed by atoms with van der Waals surface area (Å²) in [5.41, 5.74) is 15.1. The molecule has 0 saturated heterocycles. The monoisotopic (exact) mass is 833 g/mol. The minimum atomic E-state index is 0.637. The van der Waals surface area contributed by atoms with Gasteiger partial charge in [-0.15, -0.1) is 22.7 Å². The van der Waals surface area contributed by atoms with Gasteiger partial charge >= 0.3 is 0 Å². The maximum absolute atomic E-state index is 5.16. The molecular formula is C55H39N5S2. The zero-order chi connectivity index (χ0) is 41.3. The minimum absolute atomic E-state index is 0.637. The fourth-order valence-corrected chi connectivity index (χ4v) is 11.3. The highest BCUT2D eigenvalue weighted by molar-refractivity contribution is 7.19. The molecule has 6 aromatic carbocycles. The molecule has 0 bridgehead atoms. The van der Waals surface area contributed by atoms with Crippen LogP contribution in [-0.4, -0.2) is 24.1 Å². The molecule has 12 rings (SSSR count).